The molecular formula is C17H21F2N3O2. The van der Waals surface area contributed by atoms with E-state index in [0.717, 1.165) is 18.4 Å². The predicted molar refractivity (Wildman–Crippen MR) is 84.2 cm³/mol. The molecular weight excluding hydrogens is 316 g/mol. The number of alkyl halides is 2. The largest absolute Gasteiger partial charge is 0.348 e. The maximum atomic E-state index is 12.7. The summed E-state index contributed by atoms with van der Waals surface area (Å²) >= 11 is 0. The molecule has 2 unspecified atom stereocenters. The van der Waals surface area contributed by atoms with Gasteiger partial charge in [-0.1, -0.05) is 24.3 Å². The first-order valence-corrected chi connectivity index (χ1v) is 8.18. The summed E-state index contributed by atoms with van der Waals surface area (Å²) in [5.74, 6) is -0.0709. The van der Waals surface area contributed by atoms with Crippen molar-refractivity contribution in [1.82, 2.24) is 16.0 Å². The van der Waals surface area contributed by atoms with Gasteiger partial charge < -0.3 is 10.6 Å². The number of rotatable bonds is 5. The Labute approximate surface area is 139 Å². The van der Waals surface area contributed by atoms with Crippen LogP contribution in [-0.2, 0) is 9.59 Å². The van der Waals surface area contributed by atoms with Crippen molar-refractivity contribution in [3.8, 4) is 0 Å². The van der Waals surface area contributed by atoms with E-state index in [0.29, 0.717) is 5.92 Å². The Morgan fingerprint density at radius 1 is 1.21 bits per heavy atom. The zero-order chi connectivity index (χ0) is 17.3. The van der Waals surface area contributed by atoms with E-state index in [2.05, 4.69) is 16.0 Å². The molecule has 2 fully saturated rings. The molecule has 0 radical (unpaired) electrons. The van der Waals surface area contributed by atoms with Gasteiger partial charge in [0.25, 0.3) is 6.43 Å². The minimum absolute atomic E-state index is 0.0286. The van der Waals surface area contributed by atoms with Crippen LogP contribution in [0.15, 0.2) is 24.3 Å². The van der Waals surface area contributed by atoms with E-state index in [4.69, 9.17) is 0 Å². The molecule has 1 aliphatic carbocycles. The topological polar surface area (TPSA) is 70.2 Å². The molecule has 7 heteroatoms. The van der Waals surface area contributed by atoms with Crippen molar-refractivity contribution in [3.63, 3.8) is 0 Å². The zero-order valence-electron chi connectivity index (χ0n) is 13.4. The molecule has 130 valence electrons. The van der Waals surface area contributed by atoms with Gasteiger partial charge in [-0.05, 0) is 31.2 Å². The van der Waals surface area contributed by atoms with Crippen LogP contribution in [0.2, 0.25) is 0 Å². The fourth-order valence-corrected chi connectivity index (χ4v) is 3.06. The minimum Gasteiger partial charge on any atom is -0.348 e. The van der Waals surface area contributed by atoms with Gasteiger partial charge in [0.15, 0.2) is 0 Å². The van der Waals surface area contributed by atoms with Gasteiger partial charge in [-0.3, -0.25) is 14.9 Å². The van der Waals surface area contributed by atoms with Gasteiger partial charge in [0.2, 0.25) is 11.8 Å². The number of amides is 2. The third kappa shape index (κ3) is 3.90. The lowest BCUT2D eigenvalue weighted by Gasteiger charge is -2.30. The minimum atomic E-state index is -2.50. The molecule has 5 nitrogen and oxygen atoms in total. The van der Waals surface area contributed by atoms with Gasteiger partial charge in [-0.25, -0.2) is 8.78 Å². The van der Waals surface area contributed by atoms with E-state index in [1.807, 2.05) is 0 Å². The van der Waals surface area contributed by atoms with Gasteiger partial charge in [0.05, 0.1) is 24.7 Å². The zero-order valence-corrected chi connectivity index (χ0v) is 13.4. The second-order valence-electron chi connectivity index (χ2n) is 6.50. The van der Waals surface area contributed by atoms with Gasteiger partial charge in [-0.15, -0.1) is 0 Å². The van der Waals surface area contributed by atoms with Gasteiger partial charge in [0, 0.05) is 5.56 Å². The summed E-state index contributed by atoms with van der Waals surface area (Å²) < 4.78 is 25.4. The average Bonchev–Trinajstić information content (AvgIpc) is 3.36. The Bertz CT molecular complexity index is 617. The molecule has 1 aromatic carbocycles. The Hall–Kier alpha value is -2.02. The highest BCUT2D eigenvalue weighted by atomic mass is 19.3. The fourth-order valence-electron chi connectivity index (χ4n) is 3.06. The van der Waals surface area contributed by atoms with Gasteiger partial charge in [-0.2, -0.15) is 0 Å². The summed E-state index contributed by atoms with van der Waals surface area (Å²) in [6.07, 6.45) is -0.670. The summed E-state index contributed by atoms with van der Waals surface area (Å²) in [7, 11) is 0. The molecule has 0 spiro atoms. The molecule has 1 aromatic rings. The molecule has 24 heavy (non-hydrogen) atoms. The fraction of sp³-hybridized carbons (Fsp3) is 0.529. The first-order valence-electron chi connectivity index (χ1n) is 8.18. The van der Waals surface area contributed by atoms with Crippen LogP contribution in [0, 0.1) is 5.92 Å². The first-order chi connectivity index (χ1) is 11.4. The normalized spacial score (nSPS) is 25.2. The number of hydrogen-bond acceptors (Lipinski definition) is 3. The van der Waals surface area contributed by atoms with Gasteiger partial charge >= 0.3 is 0 Å². The van der Waals surface area contributed by atoms with E-state index in [1.165, 1.54) is 12.1 Å². The van der Waals surface area contributed by atoms with Crippen molar-refractivity contribution in [2.75, 3.05) is 0 Å². The Kier molecular flexibility index (Phi) is 4.80. The van der Waals surface area contributed by atoms with E-state index >= 15 is 0 Å². The molecule has 1 saturated heterocycles. The van der Waals surface area contributed by atoms with Crippen molar-refractivity contribution in [1.29, 1.82) is 0 Å². The third-order valence-corrected chi connectivity index (χ3v) is 4.47. The third-order valence-electron chi connectivity index (χ3n) is 4.47. The van der Waals surface area contributed by atoms with Crippen LogP contribution < -0.4 is 16.0 Å². The highest BCUT2D eigenvalue weighted by Gasteiger charge is 2.36. The molecule has 0 bridgehead atoms. The number of benzene rings is 1. The number of hydrogen-bond donors (Lipinski definition) is 3. The Balaban J connectivity index is 1.70. The van der Waals surface area contributed by atoms with Crippen molar-refractivity contribution < 1.29 is 18.4 Å². The lowest BCUT2D eigenvalue weighted by molar-refractivity contribution is -0.132. The van der Waals surface area contributed by atoms with E-state index < -0.39 is 12.5 Å². The number of halogens is 2. The standard InChI is InChI=1S/C17H21F2N3O2/c1-9-20-13(8-14(23)21-9)17(24)22-15(10-2-3-10)11-4-6-12(7-5-11)16(18)19/h4-7,9-10,13,15-16,20H,2-3,8H2,1H3,(H,21,23)(H,22,24)/t9?,13?,15-/m1/s1. The molecule has 1 saturated carbocycles. The summed E-state index contributed by atoms with van der Waals surface area (Å²) in [4.78, 5) is 24.1. The van der Waals surface area contributed by atoms with Crippen molar-refractivity contribution in [3.05, 3.63) is 35.4 Å². The smallest absolute Gasteiger partial charge is 0.263 e. The molecule has 3 rings (SSSR count). The van der Waals surface area contributed by atoms with Crippen LogP contribution in [0.4, 0.5) is 8.78 Å². The molecule has 2 amide bonds. The molecule has 0 aromatic heterocycles. The summed E-state index contributed by atoms with van der Waals surface area (Å²) in [6, 6.07) is 5.32. The second kappa shape index (κ2) is 6.84. The van der Waals surface area contributed by atoms with Crippen molar-refractivity contribution in [2.24, 2.45) is 5.92 Å². The van der Waals surface area contributed by atoms with Crippen LogP contribution >= 0.6 is 0 Å². The highest BCUT2D eigenvalue weighted by Crippen LogP contribution is 2.41. The quantitative estimate of drug-likeness (QED) is 0.770. The second-order valence-corrected chi connectivity index (χ2v) is 6.50. The Morgan fingerprint density at radius 3 is 2.38 bits per heavy atom. The van der Waals surface area contributed by atoms with Crippen LogP contribution in [0.5, 0.6) is 0 Å². The highest BCUT2D eigenvalue weighted by molar-refractivity contribution is 5.89. The van der Waals surface area contributed by atoms with Crippen molar-refractivity contribution in [2.45, 2.75) is 50.9 Å². The summed E-state index contributed by atoms with van der Waals surface area (Å²) in [5, 5.41) is 8.73. The van der Waals surface area contributed by atoms with E-state index in [9.17, 15) is 18.4 Å². The number of carbonyl (C=O) groups excluding carboxylic acids is 2. The predicted octanol–water partition coefficient (Wildman–Crippen LogP) is 2.02. The monoisotopic (exact) mass is 337 g/mol. The lowest BCUT2D eigenvalue weighted by Crippen LogP contribution is -2.59. The first kappa shape index (κ1) is 16.8. The van der Waals surface area contributed by atoms with Gasteiger partial charge in [0.1, 0.15) is 0 Å². The SMILES string of the molecule is CC1NC(=O)CC(C(=O)N[C@@H](c2ccc(C(F)F)cc2)C2CC2)N1. The molecule has 3 atom stereocenters. The van der Waals surface area contributed by atoms with Crippen LogP contribution in [0.25, 0.3) is 0 Å². The maximum absolute atomic E-state index is 12.7. The lowest BCUT2D eigenvalue weighted by atomic mass is 9.99. The molecule has 3 N–H and O–H groups in total. The van der Waals surface area contributed by atoms with Crippen LogP contribution in [-0.4, -0.2) is 24.0 Å². The number of carbonyl (C=O) groups is 2. The van der Waals surface area contributed by atoms with E-state index in [1.54, 1.807) is 19.1 Å². The average molecular weight is 337 g/mol. The molecule has 2 aliphatic rings. The van der Waals surface area contributed by atoms with Crippen LogP contribution in [0.3, 0.4) is 0 Å². The maximum Gasteiger partial charge on any atom is 0.263 e. The van der Waals surface area contributed by atoms with Crippen LogP contribution in [0.1, 0.15) is 49.8 Å². The molecule has 1 aliphatic heterocycles. The Morgan fingerprint density at radius 2 is 1.83 bits per heavy atom. The van der Waals surface area contributed by atoms with Crippen molar-refractivity contribution >= 4 is 11.8 Å². The molecule has 1 heterocycles. The summed E-state index contributed by atoms with van der Waals surface area (Å²) in [6.45, 7) is 1.78. The van der Waals surface area contributed by atoms with E-state index in [-0.39, 0.29) is 36.0 Å². The number of nitrogens with one attached hydrogen (secondary N) is 3. The summed E-state index contributed by atoms with van der Waals surface area (Å²) in [5.41, 5.74) is 0.794.